The van der Waals surface area contributed by atoms with Gasteiger partial charge in [-0.05, 0) is 17.0 Å². The van der Waals surface area contributed by atoms with E-state index >= 15 is 0 Å². The van der Waals surface area contributed by atoms with Gasteiger partial charge in [0.05, 0.1) is 6.04 Å². The lowest BCUT2D eigenvalue weighted by atomic mass is 9.97. The molecular formula is C22H30NO4P. The number of carbonyl (C=O) groups excluding carboxylic acids is 1. The molecule has 152 valence electrons. The van der Waals surface area contributed by atoms with Crippen molar-refractivity contribution in [3.63, 3.8) is 0 Å². The van der Waals surface area contributed by atoms with Gasteiger partial charge in [-0.1, -0.05) is 74.5 Å². The van der Waals surface area contributed by atoms with Gasteiger partial charge < -0.3 is 9.05 Å². The summed E-state index contributed by atoms with van der Waals surface area (Å²) in [5.41, 5.74) is 2.25. The average Bonchev–Trinajstić information content (AvgIpc) is 2.69. The highest BCUT2D eigenvalue weighted by Gasteiger charge is 2.35. The smallest absolute Gasteiger partial charge is 0.312 e. The molecule has 0 saturated carbocycles. The molecule has 0 heterocycles. The van der Waals surface area contributed by atoms with E-state index in [1.54, 1.807) is 0 Å². The number of Topliss-reactive ketones (excluding diaryl/α,β-unsaturated/α-hetero) is 1. The number of nitrogens with zero attached hydrogens (tertiary/aromatic N) is 1. The molecule has 28 heavy (non-hydrogen) atoms. The number of benzene rings is 2. The van der Waals surface area contributed by atoms with E-state index in [0.717, 1.165) is 11.1 Å². The molecule has 0 aromatic heterocycles. The highest BCUT2D eigenvalue weighted by Crippen LogP contribution is 2.46. The Kier molecular flexibility index (Phi) is 8.58. The zero-order valence-corrected chi connectivity index (χ0v) is 18.0. The molecule has 0 saturated heterocycles. The lowest BCUT2D eigenvalue weighted by Gasteiger charge is -2.34. The van der Waals surface area contributed by atoms with Crippen LogP contribution in [0.25, 0.3) is 0 Å². The second-order valence-corrected chi connectivity index (χ2v) is 9.43. The van der Waals surface area contributed by atoms with Crippen LogP contribution in [0.1, 0.15) is 25.0 Å². The van der Waals surface area contributed by atoms with Crippen LogP contribution in [0.5, 0.6) is 0 Å². The first kappa shape index (κ1) is 22.5. The van der Waals surface area contributed by atoms with E-state index in [2.05, 4.69) is 29.2 Å². The number of carbonyl (C=O) groups is 1. The van der Waals surface area contributed by atoms with Gasteiger partial charge in [-0.15, -0.1) is 0 Å². The lowest BCUT2D eigenvalue weighted by Crippen LogP contribution is -2.45. The van der Waals surface area contributed by atoms with Gasteiger partial charge in [0.2, 0.25) is 0 Å². The molecule has 0 aliphatic heterocycles. The Morgan fingerprint density at radius 2 is 1.32 bits per heavy atom. The SMILES string of the molecule is COP(=O)(CC(=O)[C@H](C(C)C)N(Cc1ccccc1)Cc1ccccc1)OC. The minimum absolute atomic E-state index is 0.0436. The van der Waals surface area contributed by atoms with Gasteiger partial charge in [0, 0.05) is 27.3 Å². The zero-order chi connectivity index (χ0) is 20.6. The topological polar surface area (TPSA) is 55.8 Å². The third-order valence-corrected chi connectivity index (χ3v) is 6.53. The Hall–Kier alpha value is -1.78. The maximum Gasteiger partial charge on any atom is 0.337 e. The molecule has 0 fully saturated rings. The fourth-order valence-corrected chi connectivity index (χ4v) is 4.35. The van der Waals surface area contributed by atoms with Crippen LogP contribution in [0.3, 0.4) is 0 Å². The fourth-order valence-electron chi connectivity index (χ4n) is 3.37. The van der Waals surface area contributed by atoms with Crippen LogP contribution in [0, 0.1) is 5.92 Å². The zero-order valence-electron chi connectivity index (χ0n) is 17.1. The third kappa shape index (κ3) is 6.39. The molecule has 2 aromatic rings. The summed E-state index contributed by atoms with van der Waals surface area (Å²) in [6.45, 7) is 5.26. The molecule has 0 N–H and O–H groups in total. The van der Waals surface area contributed by atoms with Crippen molar-refractivity contribution in [3.8, 4) is 0 Å². The molecule has 0 spiro atoms. The van der Waals surface area contributed by atoms with Crippen molar-refractivity contribution >= 4 is 13.4 Å². The molecule has 5 nitrogen and oxygen atoms in total. The van der Waals surface area contributed by atoms with Gasteiger partial charge in [-0.3, -0.25) is 14.3 Å². The van der Waals surface area contributed by atoms with E-state index < -0.39 is 13.6 Å². The molecule has 6 heteroatoms. The van der Waals surface area contributed by atoms with Crippen molar-refractivity contribution in [2.45, 2.75) is 33.0 Å². The molecule has 0 unspecified atom stereocenters. The van der Waals surface area contributed by atoms with E-state index in [1.807, 2.05) is 50.2 Å². The van der Waals surface area contributed by atoms with Gasteiger partial charge in [-0.25, -0.2) is 0 Å². The molecule has 0 bridgehead atoms. The van der Waals surface area contributed by atoms with Crippen molar-refractivity contribution in [1.29, 1.82) is 0 Å². The first-order chi connectivity index (χ1) is 13.4. The van der Waals surface area contributed by atoms with Gasteiger partial charge >= 0.3 is 7.60 Å². The van der Waals surface area contributed by atoms with E-state index in [0.29, 0.717) is 13.1 Å². The second kappa shape index (κ2) is 10.7. The number of hydrogen-bond donors (Lipinski definition) is 0. The predicted octanol–water partition coefficient (Wildman–Crippen LogP) is 4.77. The Labute approximate surface area is 168 Å². The molecular weight excluding hydrogens is 373 g/mol. The van der Waals surface area contributed by atoms with E-state index in [4.69, 9.17) is 9.05 Å². The summed E-state index contributed by atoms with van der Waals surface area (Å²) in [7, 11) is -0.785. The fraction of sp³-hybridized carbons (Fsp3) is 0.409. The Morgan fingerprint density at radius 3 is 1.68 bits per heavy atom. The minimum Gasteiger partial charge on any atom is -0.312 e. The monoisotopic (exact) mass is 403 g/mol. The molecule has 2 rings (SSSR count). The van der Waals surface area contributed by atoms with Gasteiger partial charge in [0.1, 0.15) is 6.16 Å². The van der Waals surface area contributed by atoms with Crippen LogP contribution in [0.2, 0.25) is 0 Å². The van der Waals surface area contributed by atoms with E-state index in [-0.39, 0.29) is 17.9 Å². The van der Waals surface area contributed by atoms with Crippen molar-refractivity contribution in [3.05, 3.63) is 71.8 Å². The lowest BCUT2D eigenvalue weighted by molar-refractivity contribution is -0.124. The van der Waals surface area contributed by atoms with Crippen LogP contribution >= 0.6 is 7.60 Å². The average molecular weight is 403 g/mol. The summed E-state index contributed by atoms with van der Waals surface area (Å²) < 4.78 is 22.5. The summed E-state index contributed by atoms with van der Waals surface area (Å²) in [6, 6.07) is 19.7. The molecule has 2 aromatic carbocycles. The van der Waals surface area contributed by atoms with Gasteiger partial charge in [0.15, 0.2) is 5.78 Å². The highest BCUT2D eigenvalue weighted by molar-refractivity contribution is 7.54. The number of rotatable bonds is 11. The molecule has 0 amide bonds. The maximum atomic E-state index is 13.2. The van der Waals surface area contributed by atoms with Crippen LogP contribution < -0.4 is 0 Å². The minimum atomic E-state index is -3.41. The summed E-state index contributed by atoms with van der Waals surface area (Å²) in [5.74, 6) is -0.0871. The van der Waals surface area contributed by atoms with Crippen LogP contribution in [0.4, 0.5) is 0 Å². The van der Waals surface area contributed by atoms with Crippen LogP contribution in [-0.4, -0.2) is 37.1 Å². The third-order valence-electron chi connectivity index (χ3n) is 4.72. The quantitative estimate of drug-likeness (QED) is 0.506. The first-order valence-corrected chi connectivity index (χ1v) is 11.2. The van der Waals surface area contributed by atoms with Crippen LogP contribution in [0.15, 0.2) is 60.7 Å². The normalized spacial score (nSPS) is 13.1. The summed E-state index contributed by atoms with van der Waals surface area (Å²) in [4.78, 5) is 15.3. The molecule has 0 aliphatic carbocycles. The number of ketones is 1. The molecule has 0 radical (unpaired) electrons. The van der Waals surface area contributed by atoms with Crippen LogP contribution in [-0.2, 0) is 31.5 Å². The van der Waals surface area contributed by atoms with E-state index in [1.165, 1.54) is 14.2 Å². The van der Waals surface area contributed by atoms with Crippen molar-refractivity contribution in [2.75, 3.05) is 20.4 Å². The van der Waals surface area contributed by atoms with Crippen molar-refractivity contribution in [2.24, 2.45) is 5.92 Å². The van der Waals surface area contributed by atoms with E-state index in [9.17, 15) is 9.36 Å². The number of hydrogen-bond acceptors (Lipinski definition) is 5. The Balaban J connectivity index is 2.32. The predicted molar refractivity (Wildman–Crippen MR) is 112 cm³/mol. The maximum absolute atomic E-state index is 13.2. The summed E-state index contributed by atoms with van der Waals surface area (Å²) >= 11 is 0. The molecule has 1 atom stereocenters. The first-order valence-electron chi connectivity index (χ1n) is 9.43. The summed E-state index contributed by atoms with van der Waals surface area (Å²) in [6.07, 6.45) is -0.233. The second-order valence-electron chi connectivity index (χ2n) is 7.17. The Morgan fingerprint density at radius 1 is 0.893 bits per heavy atom. The Bertz CT molecular complexity index is 730. The summed E-state index contributed by atoms with van der Waals surface area (Å²) in [5, 5.41) is 0. The van der Waals surface area contributed by atoms with Gasteiger partial charge in [0.25, 0.3) is 0 Å². The van der Waals surface area contributed by atoms with Crippen molar-refractivity contribution < 1.29 is 18.4 Å². The van der Waals surface area contributed by atoms with Crippen molar-refractivity contribution in [1.82, 2.24) is 4.90 Å². The molecule has 0 aliphatic rings. The highest BCUT2D eigenvalue weighted by atomic mass is 31.2. The van der Waals surface area contributed by atoms with Gasteiger partial charge in [-0.2, -0.15) is 0 Å². The largest absolute Gasteiger partial charge is 0.337 e. The standard InChI is InChI=1S/C22H30NO4P/c1-18(2)22(21(24)17-28(25,26-3)27-4)23(15-19-11-7-5-8-12-19)16-20-13-9-6-10-14-20/h5-14,18,22H,15-17H2,1-4H3/t22-/m0/s1.